The minimum Gasteiger partial charge on any atom is -0.311 e. The average molecular weight is 219 g/mol. The van der Waals surface area contributed by atoms with Crippen molar-refractivity contribution in [1.29, 1.82) is 0 Å². The van der Waals surface area contributed by atoms with Crippen molar-refractivity contribution in [2.45, 2.75) is 58.0 Å². The second kappa shape index (κ2) is 3.25. The highest BCUT2D eigenvalue weighted by atomic mass is 15.1. The van der Waals surface area contributed by atoms with Gasteiger partial charge in [0.15, 0.2) is 0 Å². The molecular formula is C15H25N. The Morgan fingerprint density at radius 1 is 0.938 bits per heavy atom. The molecule has 16 heavy (non-hydrogen) atoms. The van der Waals surface area contributed by atoms with E-state index in [9.17, 15) is 0 Å². The summed E-state index contributed by atoms with van der Waals surface area (Å²) in [5.74, 6) is 6.44. The van der Waals surface area contributed by atoms with Gasteiger partial charge in [0.2, 0.25) is 0 Å². The third-order valence-corrected chi connectivity index (χ3v) is 6.28. The van der Waals surface area contributed by atoms with E-state index in [1.165, 1.54) is 12.8 Å². The van der Waals surface area contributed by atoms with Crippen LogP contribution in [0.3, 0.4) is 0 Å². The van der Waals surface area contributed by atoms with Gasteiger partial charge in [-0.1, -0.05) is 13.8 Å². The monoisotopic (exact) mass is 219 g/mol. The van der Waals surface area contributed by atoms with E-state index in [4.69, 9.17) is 0 Å². The number of hydrogen-bond donors (Lipinski definition) is 1. The van der Waals surface area contributed by atoms with Crippen LogP contribution in [0.4, 0.5) is 0 Å². The Morgan fingerprint density at radius 2 is 1.56 bits per heavy atom. The summed E-state index contributed by atoms with van der Waals surface area (Å²) in [7, 11) is 0. The maximum Gasteiger partial charge on any atom is 0.0138 e. The molecule has 90 valence electrons. The Balaban J connectivity index is 1.29. The molecule has 4 atom stereocenters. The van der Waals surface area contributed by atoms with E-state index in [-0.39, 0.29) is 0 Å². The van der Waals surface area contributed by atoms with Gasteiger partial charge < -0.3 is 5.32 Å². The van der Waals surface area contributed by atoms with Gasteiger partial charge in [0.1, 0.15) is 0 Å². The molecular weight excluding hydrogens is 194 g/mol. The van der Waals surface area contributed by atoms with Crippen molar-refractivity contribution in [3.8, 4) is 0 Å². The van der Waals surface area contributed by atoms with Gasteiger partial charge in [0.25, 0.3) is 0 Å². The molecule has 1 N–H and O–H groups in total. The molecule has 0 aliphatic heterocycles. The molecule has 1 nitrogen and oxygen atoms in total. The Kier molecular flexibility index (Phi) is 2.02. The second-order valence-electron chi connectivity index (χ2n) is 7.35. The first-order valence-corrected chi connectivity index (χ1v) is 7.50. The molecule has 4 unspecified atom stereocenters. The lowest BCUT2D eigenvalue weighted by molar-refractivity contribution is 0.162. The standard InChI is InChI=1S/C15H25N/c1-8(2)11-6-12(7-11)16-15-13-9-3-4-10(5-9)14(13)15/h8-16H,3-7H2,1-2H3. The average Bonchev–Trinajstić information content (AvgIpc) is 2.59. The summed E-state index contributed by atoms with van der Waals surface area (Å²) >= 11 is 0. The molecule has 4 fully saturated rings. The molecule has 0 aromatic heterocycles. The third kappa shape index (κ3) is 1.27. The van der Waals surface area contributed by atoms with E-state index in [0.717, 1.165) is 47.6 Å². The molecule has 0 aromatic rings. The van der Waals surface area contributed by atoms with Gasteiger partial charge in [-0.3, -0.25) is 0 Å². The van der Waals surface area contributed by atoms with Crippen molar-refractivity contribution in [3.63, 3.8) is 0 Å². The van der Waals surface area contributed by atoms with Crippen LogP contribution >= 0.6 is 0 Å². The van der Waals surface area contributed by atoms with Crippen LogP contribution in [0.1, 0.15) is 46.0 Å². The maximum atomic E-state index is 3.98. The highest BCUT2D eigenvalue weighted by molar-refractivity contribution is 5.17. The first kappa shape index (κ1) is 9.94. The summed E-state index contributed by atoms with van der Waals surface area (Å²) in [5, 5.41) is 3.98. The summed E-state index contributed by atoms with van der Waals surface area (Å²) in [6.45, 7) is 4.76. The van der Waals surface area contributed by atoms with E-state index < -0.39 is 0 Å². The van der Waals surface area contributed by atoms with Gasteiger partial charge in [-0.2, -0.15) is 0 Å². The first-order chi connectivity index (χ1) is 7.74. The van der Waals surface area contributed by atoms with Crippen molar-refractivity contribution in [3.05, 3.63) is 0 Å². The van der Waals surface area contributed by atoms with Crippen LogP contribution in [0.25, 0.3) is 0 Å². The minimum absolute atomic E-state index is 0.891. The molecule has 0 amide bonds. The maximum absolute atomic E-state index is 3.98. The zero-order valence-corrected chi connectivity index (χ0v) is 10.7. The summed E-state index contributed by atoms with van der Waals surface area (Å²) in [6, 6.07) is 1.85. The highest BCUT2D eigenvalue weighted by Gasteiger charge is 2.65. The highest BCUT2D eigenvalue weighted by Crippen LogP contribution is 2.65. The lowest BCUT2D eigenvalue weighted by Crippen LogP contribution is -2.45. The molecule has 0 radical (unpaired) electrons. The van der Waals surface area contributed by atoms with Crippen LogP contribution in [0.5, 0.6) is 0 Å². The molecule has 4 saturated carbocycles. The fourth-order valence-electron chi connectivity index (χ4n) is 5.16. The largest absolute Gasteiger partial charge is 0.311 e. The number of nitrogens with one attached hydrogen (secondary N) is 1. The van der Waals surface area contributed by atoms with Crippen molar-refractivity contribution in [2.24, 2.45) is 35.5 Å². The topological polar surface area (TPSA) is 12.0 Å². The third-order valence-electron chi connectivity index (χ3n) is 6.28. The fraction of sp³-hybridized carbons (Fsp3) is 1.00. The quantitative estimate of drug-likeness (QED) is 0.769. The van der Waals surface area contributed by atoms with E-state index in [0.29, 0.717) is 0 Å². The van der Waals surface area contributed by atoms with Crippen LogP contribution in [0.15, 0.2) is 0 Å². The Hall–Kier alpha value is -0.0400. The summed E-state index contributed by atoms with van der Waals surface area (Å²) in [6.07, 6.45) is 7.63. The second-order valence-corrected chi connectivity index (χ2v) is 7.35. The lowest BCUT2D eigenvalue weighted by atomic mass is 9.73. The molecule has 1 heteroatoms. The molecule has 0 saturated heterocycles. The Labute approximate surface area is 99.4 Å². The summed E-state index contributed by atoms with van der Waals surface area (Å²) in [4.78, 5) is 0. The molecule has 4 aliphatic rings. The van der Waals surface area contributed by atoms with Crippen LogP contribution in [0.2, 0.25) is 0 Å². The molecule has 4 rings (SSSR count). The van der Waals surface area contributed by atoms with Gasteiger partial charge in [-0.15, -0.1) is 0 Å². The molecule has 4 aliphatic carbocycles. The summed E-state index contributed by atoms with van der Waals surface area (Å²) < 4.78 is 0. The Morgan fingerprint density at radius 3 is 2.12 bits per heavy atom. The molecule has 0 spiro atoms. The predicted molar refractivity (Wildman–Crippen MR) is 66.1 cm³/mol. The number of fused-ring (bicyclic) bond motifs is 5. The van der Waals surface area contributed by atoms with Crippen molar-refractivity contribution in [2.75, 3.05) is 0 Å². The van der Waals surface area contributed by atoms with E-state index in [1.807, 2.05) is 0 Å². The van der Waals surface area contributed by atoms with Crippen molar-refractivity contribution < 1.29 is 0 Å². The SMILES string of the molecule is CC(C)C1CC(NC2C3C4CCC(C4)C23)C1. The zero-order chi connectivity index (χ0) is 10.9. The van der Waals surface area contributed by atoms with Gasteiger partial charge in [-0.05, 0) is 67.6 Å². The van der Waals surface area contributed by atoms with E-state index in [2.05, 4.69) is 19.2 Å². The van der Waals surface area contributed by atoms with Gasteiger partial charge in [0.05, 0.1) is 0 Å². The molecule has 0 heterocycles. The van der Waals surface area contributed by atoms with Crippen LogP contribution in [-0.2, 0) is 0 Å². The zero-order valence-electron chi connectivity index (χ0n) is 10.7. The minimum atomic E-state index is 0.891. The van der Waals surface area contributed by atoms with Gasteiger partial charge in [-0.25, -0.2) is 0 Å². The lowest BCUT2D eigenvalue weighted by Gasteiger charge is -2.39. The van der Waals surface area contributed by atoms with Crippen LogP contribution in [0, 0.1) is 35.5 Å². The Bertz CT molecular complexity index is 276. The first-order valence-electron chi connectivity index (χ1n) is 7.50. The van der Waals surface area contributed by atoms with E-state index in [1.54, 1.807) is 19.3 Å². The number of hydrogen-bond acceptors (Lipinski definition) is 1. The normalized spacial score (nSPS) is 57.6. The van der Waals surface area contributed by atoms with Crippen LogP contribution < -0.4 is 5.32 Å². The van der Waals surface area contributed by atoms with Gasteiger partial charge >= 0.3 is 0 Å². The smallest absolute Gasteiger partial charge is 0.0138 e. The van der Waals surface area contributed by atoms with Crippen molar-refractivity contribution in [1.82, 2.24) is 5.32 Å². The van der Waals surface area contributed by atoms with Crippen molar-refractivity contribution >= 4 is 0 Å². The molecule has 0 aromatic carbocycles. The number of rotatable bonds is 3. The summed E-state index contributed by atoms with van der Waals surface area (Å²) in [5.41, 5.74) is 0. The van der Waals surface area contributed by atoms with Crippen LogP contribution in [-0.4, -0.2) is 12.1 Å². The fourth-order valence-corrected chi connectivity index (χ4v) is 5.16. The van der Waals surface area contributed by atoms with Gasteiger partial charge in [0, 0.05) is 12.1 Å². The molecule has 2 bridgehead atoms. The van der Waals surface area contributed by atoms with E-state index >= 15 is 0 Å². The predicted octanol–water partition coefficient (Wildman–Crippen LogP) is 3.06.